The smallest absolute Gasteiger partial charge is 0.189 e. The molecule has 3 aromatic rings. The SMILES string of the molecule is CCc1nccn1CC1CCc2c(c3ccccc3n2C#N)C1=O. The number of carbonyl (C=O) groups excluding carboxylic acids is 1. The molecule has 5 nitrogen and oxygen atoms in total. The molecule has 0 bridgehead atoms. The van der Waals surface area contributed by atoms with Crippen LogP contribution in [0.1, 0.15) is 35.2 Å². The number of nitrogens with zero attached hydrogens (tertiary/aromatic N) is 4. The minimum absolute atomic E-state index is 0.0602. The van der Waals surface area contributed by atoms with E-state index in [-0.39, 0.29) is 11.7 Å². The monoisotopic (exact) mass is 318 g/mol. The molecule has 0 aliphatic heterocycles. The van der Waals surface area contributed by atoms with Gasteiger partial charge in [0.05, 0.1) is 5.52 Å². The second-order valence-corrected chi connectivity index (χ2v) is 6.22. The van der Waals surface area contributed by atoms with Gasteiger partial charge in [-0.2, -0.15) is 5.26 Å². The highest BCUT2D eigenvalue weighted by Gasteiger charge is 2.33. The zero-order valence-electron chi connectivity index (χ0n) is 13.6. The van der Waals surface area contributed by atoms with Crippen LogP contribution in [0, 0.1) is 17.4 Å². The summed E-state index contributed by atoms with van der Waals surface area (Å²) < 4.78 is 3.70. The van der Waals surface area contributed by atoms with E-state index in [4.69, 9.17) is 0 Å². The van der Waals surface area contributed by atoms with Gasteiger partial charge < -0.3 is 4.57 Å². The Bertz CT molecular complexity index is 973. The zero-order valence-corrected chi connectivity index (χ0v) is 13.6. The number of ketones is 1. The second-order valence-electron chi connectivity index (χ2n) is 6.22. The summed E-state index contributed by atoms with van der Waals surface area (Å²) >= 11 is 0. The number of hydrogen-bond donors (Lipinski definition) is 0. The summed E-state index contributed by atoms with van der Waals surface area (Å²) in [7, 11) is 0. The summed E-state index contributed by atoms with van der Waals surface area (Å²) in [5, 5.41) is 10.4. The lowest BCUT2D eigenvalue weighted by Gasteiger charge is -2.22. The summed E-state index contributed by atoms with van der Waals surface area (Å²) in [5.41, 5.74) is 2.43. The summed E-state index contributed by atoms with van der Waals surface area (Å²) in [6.45, 7) is 2.73. The molecule has 0 fully saturated rings. The molecule has 0 saturated carbocycles. The molecule has 1 aliphatic carbocycles. The van der Waals surface area contributed by atoms with Crippen LogP contribution in [0.2, 0.25) is 0 Å². The standard InChI is InChI=1S/C19H18N4O/c1-2-17-21-9-10-22(17)11-13-7-8-16-18(19(13)24)14-5-3-4-6-15(14)23(16)12-20/h3-6,9-10,13H,2,7-8,11H2,1H3. The van der Waals surface area contributed by atoms with Crippen LogP contribution in [0.4, 0.5) is 0 Å². The average Bonchev–Trinajstić information content (AvgIpc) is 3.19. The molecule has 1 aliphatic rings. The van der Waals surface area contributed by atoms with Gasteiger partial charge in [-0.1, -0.05) is 25.1 Å². The number of Topliss-reactive ketones (excluding diaryl/α,β-unsaturated/α-hetero) is 1. The van der Waals surface area contributed by atoms with Crippen molar-refractivity contribution in [3.05, 3.63) is 53.7 Å². The van der Waals surface area contributed by atoms with Gasteiger partial charge in [-0.25, -0.2) is 4.98 Å². The maximum Gasteiger partial charge on any atom is 0.189 e. The van der Waals surface area contributed by atoms with Gasteiger partial charge in [0.1, 0.15) is 5.82 Å². The fourth-order valence-corrected chi connectivity index (χ4v) is 3.80. The van der Waals surface area contributed by atoms with Gasteiger partial charge in [-0.15, -0.1) is 0 Å². The van der Waals surface area contributed by atoms with Crippen molar-refractivity contribution in [3.63, 3.8) is 0 Å². The van der Waals surface area contributed by atoms with Crippen LogP contribution < -0.4 is 0 Å². The van der Waals surface area contributed by atoms with E-state index in [0.29, 0.717) is 6.54 Å². The Morgan fingerprint density at radius 1 is 1.38 bits per heavy atom. The normalized spacial score (nSPS) is 17.0. The lowest BCUT2D eigenvalue weighted by atomic mass is 9.85. The molecule has 5 heteroatoms. The van der Waals surface area contributed by atoms with Crippen molar-refractivity contribution in [1.29, 1.82) is 5.26 Å². The Hall–Kier alpha value is -2.87. The van der Waals surface area contributed by atoms with Gasteiger partial charge in [0.2, 0.25) is 0 Å². The first kappa shape index (κ1) is 14.7. The lowest BCUT2D eigenvalue weighted by molar-refractivity contribution is 0.0888. The Morgan fingerprint density at radius 2 is 2.21 bits per heavy atom. The Kier molecular flexibility index (Phi) is 3.46. The molecule has 2 heterocycles. The van der Waals surface area contributed by atoms with E-state index in [1.165, 1.54) is 0 Å². The molecule has 0 N–H and O–H groups in total. The second kappa shape index (κ2) is 5.64. The third-order valence-electron chi connectivity index (χ3n) is 4.95. The highest BCUT2D eigenvalue weighted by molar-refractivity contribution is 6.11. The highest BCUT2D eigenvalue weighted by atomic mass is 16.1. The Morgan fingerprint density at radius 3 is 3.00 bits per heavy atom. The predicted molar refractivity (Wildman–Crippen MR) is 90.7 cm³/mol. The number of nitriles is 1. The lowest BCUT2D eigenvalue weighted by Crippen LogP contribution is -2.27. The summed E-state index contributed by atoms with van der Waals surface area (Å²) in [6, 6.07) is 7.68. The average molecular weight is 318 g/mol. The molecule has 0 spiro atoms. The third-order valence-corrected chi connectivity index (χ3v) is 4.95. The van der Waals surface area contributed by atoms with Crippen molar-refractivity contribution >= 4 is 16.7 Å². The van der Waals surface area contributed by atoms with Crippen LogP contribution in [0.5, 0.6) is 0 Å². The topological polar surface area (TPSA) is 63.6 Å². The number of imidazole rings is 1. The predicted octanol–water partition coefficient (Wildman–Crippen LogP) is 3.17. The van der Waals surface area contributed by atoms with Gasteiger partial charge in [-0.05, 0) is 18.9 Å². The van der Waals surface area contributed by atoms with Crippen LogP contribution in [-0.4, -0.2) is 19.9 Å². The molecule has 4 rings (SSSR count). The molecule has 2 aromatic heterocycles. The fourth-order valence-electron chi connectivity index (χ4n) is 3.80. The first-order valence-electron chi connectivity index (χ1n) is 8.31. The number of hydrogen-bond acceptors (Lipinski definition) is 3. The third kappa shape index (κ3) is 2.07. The highest BCUT2D eigenvalue weighted by Crippen LogP contribution is 2.34. The molecule has 0 amide bonds. The van der Waals surface area contributed by atoms with Gasteiger partial charge in [0.15, 0.2) is 12.0 Å². The van der Waals surface area contributed by atoms with E-state index in [1.807, 2.05) is 30.5 Å². The van der Waals surface area contributed by atoms with Crippen LogP contribution in [-0.2, 0) is 19.4 Å². The number of fused-ring (bicyclic) bond motifs is 3. The maximum absolute atomic E-state index is 13.1. The number of benzene rings is 1. The van der Waals surface area contributed by atoms with Crippen molar-refractivity contribution < 1.29 is 4.79 Å². The molecule has 1 unspecified atom stereocenters. The van der Waals surface area contributed by atoms with Gasteiger partial charge in [0.25, 0.3) is 0 Å². The van der Waals surface area contributed by atoms with E-state index in [2.05, 4.69) is 22.7 Å². The van der Waals surface area contributed by atoms with Crippen molar-refractivity contribution in [2.45, 2.75) is 32.7 Å². The number of carbonyl (C=O) groups is 1. The number of aryl methyl sites for hydroxylation is 1. The molecule has 0 saturated heterocycles. The van der Waals surface area contributed by atoms with Crippen LogP contribution in [0.25, 0.3) is 10.9 Å². The van der Waals surface area contributed by atoms with Crippen LogP contribution in [0.15, 0.2) is 36.7 Å². The van der Waals surface area contributed by atoms with Gasteiger partial charge in [-0.3, -0.25) is 9.36 Å². The van der Waals surface area contributed by atoms with E-state index in [0.717, 1.165) is 47.2 Å². The zero-order chi connectivity index (χ0) is 16.7. The van der Waals surface area contributed by atoms with Crippen molar-refractivity contribution in [2.24, 2.45) is 5.92 Å². The van der Waals surface area contributed by atoms with Gasteiger partial charge in [0, 0.05) is 47.9 Å². The fraction of sp³-hybridized carbons (Fsp3) is 0.316. The Balaban J connectivity index is 1.77. The van der Waals surface area contributed by atoms with Crippen molar-refractivity contribution in [3.8, 4) is 6.19 Å². The molecule has 1 atom stereocenters. The number of aromatic nitrogens is 3. The van der Waals surface area contributed by atoms with Crippen molar-refractivity contribution in [1.82, 2.24) is 14.1 Å². The number of para-hydroxylation sites is 1. The van der Waals surface area contributed by atoms with E-state index in [1.54, 1.807) is 10.8 Å². The van der Waals surface area contributed by atoms with Gasteiger partial charge >= 0.3 is 0 Å². The molecule has 24 heavy (non-hydrogen) atoms. The summed E-state index contributed by atoms with van der Waals surface area (Å²) in [5.74, 6) is 1.10. The molecular weight excluding hydrogens is 300 g/mol. The van der Waals surface area contributed by atoms with Crippen molar-refractivity contribution in [2.75, 3.05) is 0 Å². The van der Waals surface area contributed by atoms with E-state index < -0.39 is 0 Å². The minimum atomic E-state index is -0.0602. The molecule has 1 aromatic carbocycles. The van der Waals surface area contributed by atoms with Crippen LogP contribution in [0.3, 0.4) is 0 Å². The number of rotatable bonds is 3. The molecule has 0 radical (unpaired) electrons. The van der Waals surface area contributed by atoms with Crippen LogP contribution >= 0.6 is 0 Å². The summed E-state index contributed by atoms with van der Waals surface area (Å²) in [6.07, 6.45) is 8.34. The van der Waals surface area contributed by atoms with E-state index in [9.17, 15) is 10.1 Å². The first-order valence-corrected chi connectivity index (χ1v) is 8.31. The Labute approximate surface area is 140 Å². The minimum Gasteiger partial charge on any atom is -0.334 e. The molecule has 120 valence electrons. The maximum atomic E-state index is 13.1. The summed E-state index contributed by atoms with van der Waals surface area (Å²) in [4.78, 5) is 17.5. The largest absolute Gasteiger partial charge is 0.334 e. The quantitative estimate of drug-likeness (QED) is 0.745. The molecular formula is C19H18N4O. The van der Waals surface area contributed by atoms with E-state index >= 15 is 0 Å². The first-order chi connectivity index (χ1) is 11.7.